The number of pyridine rings is 1. The number of ether oxygens (including phenoxy) is 1. The number of nitrogens with zero attached hydrogens (tertiary/aromatic N) is 2. The summed E-state index contributed by atoms with van der Waals surface area (Å²) in [6.45, 7) is 1.06. The fourth-order valence-electron chi connectivity index (χ4n) is 2.98. The maximum Gasteiger partial charge on any atom is 0.407 e. The van der Waals surface area contributed by atoms with Gasteiger partial charge in [-0.3, -0.25) is 4.79 Å². The van der Waals surface area contributed by atoms with Crippen LogP contribution in [-0.2, 0) is 9.53 Å². The summed E-state index contributed by atoms with van der Waals surface area (Å²) in [5.41, 5.74) is 6.77. The van der Waals surface area contributed by atoms with Crippen LogP contribution in [-0.4, -0.2) is 42.7 Å². The van der Waals surface area contributed by atoms with Crippen molar-refractivity contribution in [2.45, 2.75) is 18.9 Å². The van der Waals surface area contributed by atoms with E-state index in [0.29, 0.717) is 0 Å². The van der Waals surface area contributed by atoms with Crippen LogP contribution in [0.25, 0.3) is 11.1 Å². The van der Waals surface area contributed by atoms with Crippen molar-refractivity contribution in [3.05, 3.63) is 48.4 Å². The largest absolute Gasteiger partial charge is 0.439 e. The van der Waals surface area contributed by atoms with Gasteiger partial charge in [0.25, 0.3) is 5.91 Å². The molecule has 27 heavy (non-hydrogen) atoms. The molecule has 0 radical (unpaired) electrons. The number of carbonyl (C=O) groups is 2. The second kappa shape index (κ2) is 8.48. The van der Waals surface area contributed by atoms with E-state index in [9.17, 15) is 14.0 Å². The third-order valence-corrected chi connectivity index (χ3v) is 4.41. The van der Waals surface area contributed by atoms with Crippen LogP contribution >= 0.6 is 0 Å². The number of alkyl carbamates (subject to hydrolysis) is 1. The van der Waals surface area contributed by atoms with Gasteiger partial charge in [0.15, 0.2) is 6.61 Å². The molecular weight excluding hydrogens is 351 g/mol. The highest BCUT2D eigenvalue weighted by Crippen LogP contribution is 2.23. The van der Waals surface area contributed by atoms with Gasteiger partial charge in [0.1, 0.15) is 11.6 Å². The molecule has 1 aliphatic rings. The number of halogens is 1. The first-order valence-electron chi connectivity index (χ1n) is 8.70. The minimum absolute atomic E-state index is 0.0138. The Labute approximate surface area is 156 Å². The van der Waals surface area contributed by atoms with Gasteiger partial charge in [0.05, 0.1) is 0 Å². The third-order valence-electron chi connectivity index (χ3n) is 4.41. The van der Waals surface area contributed by atoms with E-state index in [1.54, 1.807) is 18.3 Å². The zero-order valence-electron chi connectivity index (χ0n) is 14.7. The smallest absolute Gasteiger partial charge is 0.407 e. The lowest BCUT2D eigenvalue weighted by molar-refractivity contribution is -0.120. The van der Waals surface area contributed by atoms with Gasteiger partial charge in [-0.15, -0.1) is 0 Å². The third kappa shape index (κ3) is 5.16. The lowest BCUT2D eigenvalue weighted by atomic mass is 10.0. The number of rotatable bonds is 5. The quantitative estimate of drug-likeness (QED) is 0.837. The van der Waals surface area contributed by atoms with Crippen molar-refractivity contribution in [2.75, 3.05) is 24.6 Å². The van der Waals surface area contributed by atoms with Crippen LogP contribution in [0.1, 0.15) is 12.8 Å². The van der Waals surface area contributed by atoms with Gasteiger partial charge in [-0.2, -0.15) is 0 Å². The second-order valence-corrected chi connectivity index (χ2v) is 6.36. The summed E-state index contributed by atoms with van der Waals surface area (Å²) in [5.74, 6) is -0.0935. The van der Waals surface area contributed by atoms with Gasteiger partial charge in [-0.1, -0.05) is 12.1 Å². The molecule has 1 aliphatic heterocycles. The SMILES string of the molecule is NC(=O)COC(=O)NC1CCN(c2ccc(-c3ccc(F)cc3)cn2)CC1. The first kappa shape index (κ1) is 18.6. The minimum atomic E-state index is -0.685. The van der Waals surface area contributed by atoms with Crippen LogP contribution in [0.4, 0.5) is 15.0 Å². The van der Waals surface area contributed by atoms with Crippen molar-refractivity contribution in [3.8, 4) is 11.1 Å². The van der Waals surface area contributed by atoms with Gasteiger partial charge >= 0.3 is 6.09 Å². The Morgan fingerprint density at radius 2 is 1.81 bits per heavy atom. The summed E-state index contributed by atoms with van der Waals surface area (Å²) in [5, 5.41) is 2.73. The van der Waals surface area contributed by atoms with Crippen molar-refractivity contribution < 1.29 is 18.7 Å². The Balaban J connectivity index is 1.51. The Morgan fingerprint density at radius 3 is 2.41 bits per heavy atom. The Kier molecular flexibility index (Phi) is 5.85. The number of nitrogens with one attached hydrogen (secondary N) is 1. The van der Waals surface area contributed by atoms with Gasteiger partial charge < -0.3 is 20.7 Å². The number of nitrogens with two attached hydrogens (primary N) is 1. The van der Waals surface area contributed by atoms with E-state index < -0.39 is 18.6 Å². The van der Waals surface area contributed by atoms with E-state index in [0.717, 1.165) is 42.9 Å². The molecule has 7 nitrogen and oxygen atoms in total. The molecule has 1 aromatic carbocycles. The maximum atomic E-state index is 13.0. The summed E-state index contributed by atoms with van der Waals surface area (Å²) in [4.78, 5) is 28.8. The highest BCUT2D eigenvalue weighted by Gasteiger charge is 2.22. The van der Waals surface area contributed by atoms with Crippen LogP contribution in [0.3, 0.4) is 0 Å². The van der Waals surface area contributed by atoms with Crippen LogP contribution in [0.15, 0.2) is 42.6 Å². The highest BCUT2D eigenvalue weighted by molar-refractivity contribution is 5.78. The molecular formula is C19H21FN4O3. The molecule has 1 aromatic heterocycles. The molecule has 1 fully saturated rings. The lowest BCUT2D eigenvalue weighted by Crippen LogP contribution is -2.45. The first-order chi connectivity index (χ1) is 13.0. The molecule has 0 atom stereocenters. The fraction of sp³-hybridized carbons (Fsp3) is 0.316. The van der Waals surface area contributed by atoms with Gasteiger partial charge in [-0.05, 0) is 42.7 Å². The van der Waals surface area contributed by atoms with Crippen molar-refractivity contribution in [2.24, 2.45) is 5.73 Å². The van der Waals surface area contributed by atoms with E-state index in [1.165, 1.54) is 12.1 Å². The van der Waals surface area contributed by atoms with Gasteiger partial charge in [0, 0.05) is 30.9 Å². The molecule has 0 spiro atoms. The number of hydrogen-bond acceptors (Lipinski definition) is 5. The van der Waals surface area contributed by atoms with Crippen LogP contribution < -0.4 is 16.0 Å². The Bertz CT molecular complexity index is 788. The van der Waals surface area contributed by atoms with Crippen molar-refractivity contribution in [1.29, 1.82) is 0 Å². The number of hydrogen-bond donors (Lipinski definition) is 2. The zero-order valence-corrected chi connectivity index (χ0v) is 14.7. The predicted molar refractivity (Wildman–Crippen MR) is 98.5 cm³/mol. The monoisotopic (exact) mass is 372 g/mol. The number of amides is 2. The summed E-state index contributed by atoms with van der Waals surface area (Å²) in [7, 11) is 0. The van der Waals surface area contributed by atoms with Crippen molar-refractivity contribution in [1.82, 2.24) is 10.3 Å². The van der Waals surface area contributed by atoms with Crippen LogP contribution in [0.2, 0.25) is 0 Å². The molecule has 3 N–H and O–H groups in total. The van der Waals surface area contributed by atoms with Crippen LogP contribution in [0, 0.1) is 5.82 Å². The summed E-state index contributed by atoms with van der Waals surface area (Å²) in [6, 6.07) is 10.2. The fourth-order valence-corrected chi connectivity index (χ4v) is 2.98. The standard InChI is InChI=1S/C19H21FN4O3/c20-15-4-1-13(2-5-15)14-3-6-18(22-11-14)24-9-7-16(8-10-24)23-19(26)27-12-17(21)25/h1-6,11,16H,7-10,12H2,(H2,21,25)(H,23,26). The maximum absolute atomic E-state index is 13.0. The van der Waals surface area contributed by atoms with Crippen LogP contribution in [0.5, 0.6) is 0 Å². The normalized spacial score (nSPS) is 14.6. The van der Waals surface area contributed by atoms with Gasteiger partial charge in [-0.25, -0.2) is 14.2 Å². The number of piperidine rings is 1. The molecule has 2 amide bonds. The Hall–Kier alpha value is -3.16. The molecule has 3 rings (SSSR count). The summed E-state index contributed by atoms with van der Waals surface area (Å²) < 4.78 is 17.7. The van der Waals surface area contributed by atoms with Crippen molar-refractivity contribution in [3.63, 3.8) is 0 Å². The molecule has 2 aromatic rings. The first-order valence-corrected chi connectivity index (χ1v) is 8.70. The lowest BCUT2D eigenvalue weighted by Gasteiger charge is -2.33. The molecule has 2 heterocycles. The highest BCUT2D eigenvalue weighted by atomic mass is 19.1. The zero-order chi connectivity index (χ0) is 19.2. The average Bonchev–Trinajstić information content (AvgIpc) is 2.68. The molecule has 0 aliphatic carbocycles. The molecule has 0 saturated carbocycles. The molecule has 0 unspecified atom stereocenters. The molecule has 8 heteroatoms. The Morgan fingerprint density at radius 1 is 1.15 bits per heavy atom. The number of carbonyl (C=O) groups excluding carboxylic acids is 2. The molecule has 1 saturated heterocycles. The predicted octanol–water partition coefficient (Wildman–Crippen LogP) is 2.07. The summed E-state index contributed by atoms with van der Waals surface area (Å²) >= 11 is 0. The topological polar surface area (TPSA) is 97.6 Å². The molecule has 0 bridgehead atoms. The van der Waals surface area contributed by atoms with E-state index in [4.69, 9.17) is 10.5 Å². The molecule has 142 valence electrons. The number of aromatic nitrogens is 1. The van der Waals surface area contributed by atoms with E-state index in [1.807, 2.05) is 12.1 Å². The van der Waals surface area contributed by atoms with E-state index in [-0.39, 0.29) is 11.9 Å². The number of primary amides is 1. The second-order valence-electron chi connectivity index (χ2n) is 6.36. The summed E-state index contributed by atoms with van der Waals surface area (Å²) in [6.07, 6.45) is 2.63. The average molecular weight is 372 g/mol. The number of benzene rings is 1. The van der Waals surface area contributed by atoms with Gasteiger partial charge in [0.2, 0.25) is 0 Å². The van der Waals surface area contributed by atoms with E-state index in [2.05, 4.69) is 15.2 Å². The number of anilines is 1. The van der Waals surface area contributed by atoms with E-state index >= 15 is 0 Å². The van der Waals surface area contributed by atoms with Crippen molar-refractivity contribution >= 4 is 17.8 Å². The minimum Gasteiger partial charge on any atom is -0.439 e.